The summed E-state index contributed by atoms with van der Waals surface area (Å²) in [7, 11) is -9.88. The lowest BCUT2D eigenvalue weighted by Gasteiger charge is -2.15. The summed E-state index contributed by atoms with van der Waals surface area (Å²) >= 11 is 0. The van der Waals surface area contributed by atoms with Crippen LogP contribution in [0, 0.1) is 47.4 Å². The first-order valence-electron chi connectivity index (χ1n) is 5.90. The molecular weight excluding hydrogens is 387 g/mol. The molecule has 0 aliphatic rings. The highest BCUT2D eigenvalue weighted by Gasteiger charge is 2.34. The van der Waals surface area contributed by atoms with Gasteiger partial charge < -0.3 is 4.74 Å². The molecule has 25 heavy (non-hydrogen) atoms. The summed E-state index contributed by atoms with van der Waals surface area (Å²) in [6.45, 7) is -0.763. The molecule has 0 saturated carbocycles. The maximum Gasteiger partial charge on any atom is 0.385 e. The molecule has 0 aromatic heterocycles. The number of alkyl halides is 3. The van der Waals surface area contributed by atoms with Crippen molar-refractivity contribution in [3.05, 3.63) is 0 Å². The number of rotatable bonds is 7. The average molecular weight is 397 g/mol. The number of nitrogens with one attached hydrogen (secondary N) is 1. The van der Waals surface area contributed by atoms with Crippen LogP contribution < -0.4 is 4.72 Å². The van der Waals surface area contributed by atoms with Gasteiger partial charge >= 0.3 is 6.11 Å². The van der Waals surface area contributed by atoms with E-state index in [0.717, 1.165) is 0 Å². The minimum absolute atomic E-state index is 1.29. The van der Waals surface area contributed by atoms with Crippen molar-refractivity contribution in [3.63, 3.8) is 0 Å². The normalized spacial score (nSPS) is 12.0. The van der Waals surface area contributed by atoms with E-state index in [0.29, 0.717) is 0 Å². The Kier molecular flexibility index (Phi) is 9.08. The molecule has 0 spiro atoms. The summed E-state index contributed by atoms with van der Waals surface area (Å²) in [6.07, 6.45) is -4.38. The molecule has 0 fully saturated rings. The summed E-state index contributed by atoms with van der Waals surface area (Å²) in [5.74, 6) is 15.3. The zero-order valence-electron chi connectivity index (χ0n) is 12.4. The first-order chi connectivity index (χ1) is 11.4. The van der Waals surface area contributed by atoms with Gasteiger partial charge in [0.1, 0.15) is 0 Å². The van der Waals surface area contributed by atoms with Gasteiger partial charge in [-0.15, -0.1) is 0 Å². The minimum Gasteiger partial charge on any atom is -0.301 e. The fourth-order valence-corrected chi connectivity index (χ4v) is 2.77. The van der Waals surface area contributed by atoms with Crippen LogP contribution in [0.2, 0.25) is 0 Å². The summed E-state index contributed by atoms with van der Waals surface area (Å²) < 4.78 is 95.5. The fraction of sp³-hybridized carbons (Fsp3) is 0.385. The van der Waals surface area contributed by atoms with Gasteiger partial charge in [-0.3, -0.25) is 4.55 Å². The first kappa shape index (κ1) is 22.8. The fourth-order valence-electron chi connectivity index (χ4n) is 0.853. The SMILES string of the molecule is CC#CC#CC#CC#CC(NS(=O)(=O)COC(F)(F)CF)S(=O)(=O)O. The molecule has 0 saturated heterocycles. The second kappa shape index (κ2) is 9.95. The van der Waals surface area contributed by atoms with Crippen LogP contribution in [0.1, 0.15) is 6.92 Å². The third kappa shape index (κ3) is 11.1. The van der Waals surface area contributed by atoms with Crippen LogP contribution in [-0.2, 0) is 24.9 Å². The molecule has 1 unspecified atom stereocenters. The molecule has 7 nitrogen and oxygen atoms in total. The maximum atomic E-state index is 12.5. The molecule has 0 rings (SSSR count). The Labute approximate surface area is 143 Å². The number of halogens is 3. The second-order valence-electron chi connectivity index (χ2n) is 3.81. The molecule has 136 valence electrons. The van der Waals surface area contributed by atoms with Crippen LogP contribution in [0.15, 0.2) is 0 Å². The van der Waals surface area contributed by atoms with E-state index in [1.54, 1.807) is 5.92 Å². The van der Waals surface area contributed by atoms with Crippen molar-refractivity contribution < 1.29 is 39.3 Å². The van der Waals surface area contributed by atoms with Gasteiger partial charge in [0.2, 0.25) is 15.4 Å². The minimum atomic E-state index is -5.07. The third-order valence-corrected chi connectivity index (χ3v) is 3.81. The molecule has 0 aromatic carbocycles. The molecule has 0 radical (unpaired) electrons. The molecular formula is C13H10F3NO6S2. The van der Waals surface area contributed by atoms with Gasteiger partial charge in [0.15, 0.2) is 12.6 Å². The van der Waals surface area contributed by atoms with E-state index in [1.807, 2.05) is 11.8 Å². The molecule has 12 heteroatoms. The molecule has 2 N–H and O–H groups in total. The number of hydrogen-bond acceptors (Lipinski definition) is 5. The van der Waals surface area contributed by atoms with Gasteiger partial charge in [-0.1, -0.05) is 5.92 Å². The Morgan fingerprint density at radius 3 is 2.08 bits per heavy atom. The van der Waals surface area contributed by atoms with Crippen LogP contribution in [0.4, 0.5) is 13.2 Å². The summed E-state index contributed by atoms with van der Waals surface area (Å²) in [5, 5.41) is -2.40. The predicted molar refractivity (Wildman–Crippen MR) is 81.0 cm³/mol. The highest BCUT2D eigenvalue weighted by Crippen LogP contribution is 2.16. The Hall–Kier alpha value is -2.19. The number of sulfonamides is 1. The van der Waals surface area contributed by atoms with Gasteiger partial charge in [0.05, 0.1) is 0 Å². The van der Waals surface area contributed by atoms with E-state index in [9.17, 15) is 30.0 Å². The van der Waals surface area contributed by atoms with Gasteiger partial charge in [0, 0.05) is 0 Å². The average Bonchev–Trinajstić information content (AvgIpc) is 2.50. The van der Waals surface area contributed by atoms with Crippen LogP contribution >= 0.6 is 0 Å². The summed E-state index contributed by atoms with van der Waals surface area (Å²) in [4.78, 5) is 0. The van der Waals surface area contributed by atoms with Gasteiger partial charge in [-0.25, -0.2) is 12.8 Å². The van der Waals surface area contributed by atoms with Crippen LogP contribution in [-0.4, -0.2) is 45.5 Å². The van der Waals surface area contributed by atoms with Crippen molar-refractivity contribution in [2.75, 3.05) is 12.6 Å². The molecule has 0 heterocycles. The number of ether oxygens (including phenoxy) is 1. The quantitative estimate of drug-likeness (QED) is 0.451. The predicted octanol–water partition coefficient (Wildman–Crippen LogP) is -0.310. The Morgan fingerprint density at radius 2 is 1.60 bits per heavy atom. The lowest BCUT2D eigenvalue weighted by Crippen LogP contribution is -2.42. The zero-order valence-corrected chi connectivity index (χ0v) is 14.1. The lowest BCUT2D eigenvalue weighted by molar-refractivity contribution is -0.235. The maximum absolute atomic E-state index is 12.5. The van der Waals surface area contributed by atoms with E-state index in [2.05, 4.69) is 34.3 Å². The van der Waals surface area contributed by atoms with Crippen molar-refractivity contribution in [1.29, 1.82) is 0 Å². The first-order valence-corrected chi connectivity index (χ1v) is 9.05. The van der Waals surface area contributed by atoms with Crippen molar-refractivity contribution in [2.24, 2.45) is 0 Å². The highest BCUT2D eigenvalue weighted by atomic mass is 32.2. The van der Waals surface area contributed by atoms with E-state index in [1.165, 1.54) is 11.6 Å². The Balaban J connectivity index is 5.21. The second-order valence-corrected chi connectivity index (χ2v) is 7.01. The smallest absolute Gasteiger partial charge is 0.301 e. The van der Waals surface area contributed by atoms with Crippen molar-refractivity contribution in [2.45, 2.75) is 18.4 Å². The van der Waals surface area contributed by atoms with Crippen molar-refractivity contribution in [1.82, 2.24) is 4.72 Å². The van der Waals surface area contributed by atoms with Crippen LogP contribution in [0.5, 0.6) is 0 Å². The Bertz CT molecular complexity index is 929. The van der Waals surface area contributed by atoms with E-state index in [4.69, 9.17) is 4.55 Å². The molecule has 0 aromatic rings. The standard InChI is InChI=1S/C13H10F3NO6S2/c1-2-3-4-5-6-7-8-9-12(25(20,21)22)17-24(18,19)11-23-13(15,16)10-14/h12,17H,10-11H2,1H3,(H,20,21,22). The molecule has 0 amide bonds. The lowest BCUT2D eigenvalue weighted by atomic mass is 10.5. The third-order valence-electron chi connectivity index (χ3n) is 1.81. The molecule has 0 aliphatic heterocycles. The monoisotopic (exact) mass is 397 g/mol. The summed E-state index contributed by atoms with van der Waals surface area (Å²) in [6, 6.07) is 0. The molecule has 1 atom stereocenters. The topological polar surface area (TPSA) is 110 Å². The zero-order chi connectivity index (χ0) is 19.6. The Morgan fingerprint density at radius 1 is 1.08 bits per heavy atom. The van der Waals surface area contributed by atoms with E-state index < -0.39 is 44.2 Å². The van der Waals surface area contributed by atoms with Crippen molar-refractivity contribution >= 4 is 20.1 Å². The largest absolute Gasteiger partial charge is 0.385 e. The van der Waals surface area contributed by atoms with Crippen LogP contribution in [0.25, 0.3) is 0 Å². The highest BCUT2D eigenvalue weighted by molar-refractivity contribution is 7.91. The summed E-state index contributed by atoms with van der Waals surface area (Å²) in [5.41, 5.74) is 0. The molecule has 0 bridgehead atoms. The van der Waals surface area contributed by atoms with E-state index >= 15 is 0 Å². The van der Waals surface area contributed by atoms with Gasteiger partial charge in [-0.05, 0) is 48.4 Å². The molecule has 0 aliphatic carbocycles. The van der Waals surface area contributed by atoms with Gasteiger partial charge in [-0.2, -0.15) is 21.9 Å². The van der Waals surface area contributed by atoms with E-state index in [-0.39, 0.29) is 0 Å². The van der Waals surface area contributed by atoms with Crippen molar-refractivity contribution in [3.8, 4) is 47.4 Å². The van der Waals surface area contributed by atoms with Crippen LogP contribution in [0.3, 0.4) is 0 Å². The number of hydrogen-bond donors (Lipinski definition) is 2. The van der Waals surface area contributed by atoms with Gasteiger partial charge in [0.25, 0.3) is 10.1 Å².